The number of unbranched alkanes of at least 4 members (excludes halogenated alkanes) is 2. The molecular formula is C34H32FN3O5S2. The SMILES string of the molecule is CCCCCOc1cccc([C@@H]2/C(=C(\O)c3ccc4c(c3)C[C@@H](C)O4)C(=O)C(=O)N2c2nnc(SCc3ccccc3F)s2)c1. The largest absolute Gasteiger partial charge is 0.507 e. The van der Waals surface area contributed by atoms with E-state index in [0.29, 0.717) is 45.6 Å². The summed E-state index contributed by atoms with van der Waals surface area (Å²) in [5.41, 5.74) is 2.38. The van der Waals surface area contributed by atoms with Gasteiger partial charge in [0, 0.05) is 17.7 Å². The fourth-order valence-electron chi connectivity index (χ4n) is 5.50. The van der Waals surface area contributed by atoms with Crippen LogP contribution in [0.5, 0.6) is 11.5 Å². The highest BCUT2D eigenvalue weighted by molar-refractivity contribution is 8.00. The Morgan fingerprint density at radius 1 is 1.11 bits per heavy atom. The number of ketones is 1. The molecule has 0 saturated carbocycles. The number of hydrogen-bond donors (Lipinski definition) is 1. The number of halogens is 1. The molecule has 1 saturated heterocycles. The minimum absolute atomic E-state index is 0.00546. The molecule has 1 aromatic heterocycles. The van der Waals surface area contributed by atoms with Crippen LogP contribution in [-0.4, -0.2) is 39.7 Å². The second kappa shape index (κ2) is 13.4. The predicted molar refractivity (Wildman–Crippen MR) is 172 cm³/mol. The molecule has 0 spiro atoms. The van der Waals surface area contributed by atoms with Crippen molar-refractivity contribution in [3.63, 3.8) is 0 Å². The van der Waals surface area contributed by atoms with Gasteiger partial charge in [0.25, 0.3) is 5.78 Å². The third kappa shape index (κ3) is 6.46. The summed E-state index contributed by atoms with van der Waals surface area (Å²) in [6, 6.07) is 18.0. The lowest BCUT2D eigenvalue weighted by Crippen LogP contribution is -2.29. The van der Waals surface area contributed by atoms with E-state index in [0.717, 1.165) is 41.9 Å². The maximum absolute atomic E-state index is 14.2. The summed E-state index contributed by atoms with van der Waals surface area (Å²) in [7, 11) is 0. The van der Waals surface area contributed by atoms with Gasteiger partial charge in [-0.1, -0.05) is 73.2 Å². The quantitative estimate of drug-likeness (QED) is 0.0447. The minimum atomic E-state index is -0.981. The summed E-state index contributed by atoms with van der Waals surface area (Å²) in [5, 5.41) is 20.3. The molecule has 45 heavy (non-hydrogen) atoms. The first kappa shape index (κ1) is 30.8. The highest BCUT2D eigenvalue weighted by Gasteiger charge is 2.48. The molecule has 4 aromatic rings. The summed E-state index contributed by atoms with van der Waals surface area (Å²) in [5.74, 6) is -0.597. The van der Waals surface area contributed by atoms with Crippen LogP contribution >= 0.6 is 23.1 Å². The molecule has 1 N–H and O–H groups in total. The standard InChI is InChI=1S/C34H32FN3O5S2/c1-3-4-7-15-42-25-11-8-10-21(18-25)29-28(30(39)22-13-14-27-24(17-22)16-20(2)43-27)31(40)32(41)38(29)33-36-37-34(45-33)44-19-23-9-5-6-12-26(23)35/h5-6,8-14,17-18,20,29,39H,3-4,7,15-16,19H2,1-2H3/b30-28+/t20-,29-/m1/s1. The van der Waals surface area contributed by atoms with E-state index in [9.17, 15) is 19.1 Å². The van der Waals surface area contributed by atoms with E-state index in [1.807, 2.05) is 13.0 Å². The van der Waals surface area contributed by atoms with Gasteiger partial charge in [-0.3, -0.25) is 14.5 Å². The van der Waals surface area contributed by atoms with Crippen LogP contribution in [0.1, 0.15) is 61.4 Å². The number of benzene rings is 3. The number of hydrogen-bond acceptors (Lipinski definition) is 9. The monoisotopic (exact) mass is 645 g/mol. The Balaban J connectivity index is 1.38. The molecule has 3 heterocycles. The van der Waals surface area contributed by atoms with Crippen LogP contribution in [0.2, 0.25) is 0 Å². The number of amides is 1. The van der Waals surface area contributed by atoms with Gasteiger partial charge in [0.15, 0.2) is 4.34 Å². The molecule has 0 unspecified atom stereocenters. The van der Waals surface area contributed by atoms with E-state index in [4.69, 9.17) is 9.47 Å². The third-order valence-electron chi connectivity index (χ3n) is 7.72. The second-order valence-corrected chi connectivity index (χ2v) is 13.2. The predicted octanol–water partition coefficient (Wildman–Crippen LogP) is 7.49. The Hall–Kier alpha value is -4.22. The lowest BCUT2D eigenvalue weighted by atomic mass is 9.94. The third-order valence-corrected chi connectivity index (χ3v) is 9.82. The number of thioether (sulfide) groups is 1. The van der Waals surface area contributed by atoms with Crippen molar-refractivity contribution in [3.05, 3.63) is 100 Å². The van der Waals surface area contributed by atoms with Crippen LogP contribution in [0.25, 0.3) is 5.76 Å². The highest BCUT2D eigenvalue weighted by atomic mass is 32.2. The van der Waals surface area contributed by atoms with Crippen LogP contribution in [0.15, 0.2) is 76.6 Å². The van der Waals surface area contributed by atoms with Gasteiger partial charge in [0.05, 0.1) is 18.2 Å². The van der Waals surface area contributed by atoms with Crippen LogP contribution in [0, 0.1) is 5.82 Å². The molecule has 0 radical (unpaired) electrons. The fourth-order valence-corrected chi connectivity index (χ4v) is 7.35. The minimum Gasteiger partial charge on any atom is -0.507 e. The zero-order chi connectivity index (χ0) is 31.5. The zero-order valence-corrected chi connectivity index (χ0v) is 26.5. The second-order valence-electron chi connectivity index (χ2n) is 11.0. The molecule has 0 aliphatic carbocycles. The topological polar surface area (TPSA) is 102 Å². The van der Waals surface area contributed by atoms with Crippen molar-refractivity contribution in [3.8, 4) is 11.5 Å². The number of carbonyl (C=O) groups is 2. The number of aliphatic hydroxyl groups excluding tert-OH is 1. The van der Waals surface area contributed by atoms with Crippen molar-refractivity contribution in [1.29, 1.82) is 0 Å². The van der Waals surface area contributed by atoms with Gasteiger partial charge in [0.2, 0.25) is 5.13 Å². The summed E-state index contributed by atoms with van der Waals surface area (Å²) in [4.78, 5) is 28.7. The molecule has 232 valence electrons. The van der Waals surface area contributed by atoms with E-state index < -0.39 is 17.7 Å². The Labute approximate surface area is 268 Å². The van der Waals surface area contributed by atoms with Crippen molar-refractivity contribution in [2.24, 2.45) is 0 Å². The first-order valence-electron chi connectivity index (χ1n) is 14.9. The molecule has 8 nitrogen and oxygen atoms in total. The number of anilines is 1. The first-order valence-corrected chi connectivity index (χ1v) is 16.7. The smallest absolute Gasteiger partial charge is 0.301 e. The molecule has 2 atom stereocenters. The Morgan fingerprint density at radius 3 is 2.78 bits per heavy atom. The number of nitrogens with zero attached hydrogens (tertiary/aromatic N) is 3. The summed E-state index contributed by atoms with van der Waals surface area (Å²) < 4.78 is 26.5. The maximum Gasteiger partial charge on any atom is 0.301 e. The normalized spacial score (nSPS) is 18.7. The molecule has 2 aliphatic rings. The zero-order valence-electron chi connectivity index (χ0n) is 24.9. The van der Waals surface area contributed by atoms with Crippen molar-refractivity contribution in [2.75, 3.05) is 11.5 Å². The fraction of sp³-hybridized carbons (Fsp3) is 0.294. The van der Waals surface area contributed by atoms with Crippen LogP contribution in [0.4, 0.5) is 9.52 Å². The van der Waals surface area contributed by atoms with Gasteiger partial charge < -0.3 is 14.6 Å². The molecule has 1 fully saturated rings. The Morgan fingerprint density at radius 2 is 1.96 bits per heavy atom. The maximum atomic E-state index is 14.2. The number of ether oxygens (including phenoxy) is 2. The number of fused-ring (bicyclic) bond motifs is 1. The molecule has 0 bridgehead atoms. The van der Waals surface area contributed by atoms with Crippen molar-refractivity contribution in [1.82, 2.24) is 10.2 Å². The molecule has 1 amide bonds. The average molecular weight is 646 g/mol. The van der Waals surface area contributed by atoms with Crippen molar-refractivity contribution in [2.45, 2.75) is 61.8 Å². The van der Waals surface area contributed by atoms with Gasteiger partial charge in [-0.25, -0.2) is 4.39 Å². The van der Waals surface area contributed by atoms with Crippen LogP contribution in [0.3, 0.4) is 0 Å². The lowest BCUT2D eigenvalue weighted by Gasteiger charge is -2.23. The van der Waals surface area contributed by atoms with Gasteiger partial charge in [-0.05, 0) is 66.4 Å². The first-order chi connectivity index (χ1) is 21.8. The van der Waals surface area contributed by atoms with Gasteiger partial charge >= 0.3 is 5.91 Å². The van der Waals surface area contributed by atoms with E-state index in [1.165, 1.54) is 22.7 Å². The van der Waals surface area contributed by atoms with Crippen LogP contribution < -0.4 is 14.4 Å². The molecule has 3 aromatic carbocycles. The van der Waals surface area contributed by atoms with E-state index in [-0.39, 0.29) is 28.4 Å². The Kier molecular flexibility index (Phi) is 9.18. The highest BCUT2D eigenvalue weighted by Crippen LogP contribution is 2.45. The van der Waals surface area contributed by atoms with Crippen molar-refractivity contribution < 1.29 is 28.6 Å². The number of aliphatic hydroxyl groups is 1. The molecule has 6 rings (SSSR count). The van der Waals surface area contributed by atoms with Crippen LogP contribution in [-0.2, 0) is 21.8 Å². The summed E-state index contributed by atoms with van der Waals surface area (Å²) in [6.45, 7) is 4.62. The molecule has 2 aliphatic heterocycles. The average Bonchev–Trinajstić information content (AvgIpc) is 3.73. The molecule has 11 heteroatoms. The van der Waals surface area contributed by atoms with Crippen molar-refractivity contribution >= 4 is 45.7 Å². The summed E-state index contributed by atoms with van der Waals surface area (Å²) in [6.07, 6.45) is 3.68. The number of Topliss-reactive ketones (excluding diaryl/α,β-unsaturated/α-hetero) is 1. The summed E-state index contributed by atoms with van der Waals surface area (Å²) >= 11 is 2.41. The number of carbonyl (C=O) groups excluding carboxylic acids is 2. The Bertz CT molecular complexity index is 1770. The van der Waals surface area contributed by atoms with E-state index >= 15 is 0 Å². The van der Waals surface area contributed by atoms with Gasteiger partial charge in [0.1, 0.15) is 29.2 Å². The molecular weight excluding hydrogens is 614 g/mol. The number of rotatable bonds is 11. The van der Waals surface area contributed by atoms with Gasteiger partial charge in [-0.2, -0.15) is 0 Å². The lowest BCUT2D eigenvalue weighted by molar-refractivity contribution is -0.132. The van der Waals surface area contributed by atoms with E-state index in [1.54, 1.807) is 54.6 Å². The number of aromatic nitrogens is 2. The van der Waals surface area contributed by atoms with E-state index in [2.05, 4.69) is 17.1 Å². The van der Waals surface area contributed by atoms with Gasteiger partial charge in [-0.15, -0.1) is 10.2 Å².